The van der Waals surface area contributed by atoms with Crippen molar-refractivity contribution in [2.75, 3.05) is 18.0 Å². The van der Waals surface area contributed by atoms with Gasteiger partial charge >= 0.3 is 0 Å². The number of hydrogen-bond donors (Lipinski definition) is 1. The van der Waals surface area contributed by atoms with Crippen LogP contribution in [0, 0.1) is 6.92 Å². The smallest absolute Gasteiger partial charge is 0.151 e. The van der Waals surface area contributed by atoms with E-state index in [9.17, 15) is 0 Å². The number of piperidine rings is 1. The standard InChI is InChI=1S/C11H18N4/c1-9-6-11(14-13-8-9)15-5-3-2-4-10(15)7-12/h6,8,10H,2-5,7,12H2,1H3. The maximum atomic E-state index is 5.78. The molecule has 0 aromatic carbocycles. The van der Waals surface area contributed by atoms with E-state index in [4.69, 9.17) is 5.73 Å². The van der Waals surface area contributed by atoms with Crippen LogP contribution in [0.1, 0.15) is 24.8 Å². The SMILES string of the molecule is Cc1cnnc(N2CCCCC2CN)c1. The molecule has 0 bridgehead atoms. The summed E-state index contributed by atoms with van der Waals surface area (Å²) in [5.74, 6) is 0.977. The molecule has 1 aliphatic heterocycles. The molecule has 0 aliphatic carbocycles. The number of anilines is 1. The average Bonchev–Trinajstić information content (AvgIpc) is 2.29. The Labute approximate surface area is 90.5 Å². The summed E-state index contributed by atoms with van der Waals surface area (Å²) in [7, 11) is 0. The molecule has 1 saturated heterocycles. The molecule has 0 radical (unpaired) electrons. The van der Waals surface area contributed by atoms with Crippen LogP contribution in [0.25, 0.3) is 0 Å². The van der Waals surface area contributed by atoms with Gasteiger partial charge in [-0.1, -0.05) is 0 Å². The molecule has 15 heavy (non-hydrogen) atoms. The van der Waals surface area contributed by atoms with Gasteiger partial charge in [0, 0.05) is 19.1 Å². The Bertz CT molecular complexity index is 326. The second-order valence-electron chi connectivity index (χ2n) is 4.17. The lowest BCUT2D eigenvalue weighted by Crippen LogP contribution is -2.44. The first-order chi connectivity index (χ1) is 7.31. The maximum absolute atomic E-state index is 5.78. The van der Waals surface area contributed by atoms with Gasteiger partial charge in [0.05, 0.1) is 6.20 Å². The van der Waals surface area contributed by atoms with E-state index in [2.05, 4.69) is 21.2 Å². The van der Waals surface area contributed by atoms with Crippen LogP contribution in [-0.2, 0) is 0 Å². The first-order valence-corrected chi connectivity index (χ1v) is 5.57. The Balaban J connectivity index is 2.20. The molecule has 2 rings (SSSR count). The third-order valence-corrected chi connectivity index (χ3v) is 2.97. The van der Waals surface area contributed by atoms with Crippen LogP contribution in [0.3, 0.4) is 0 Å². The van der Waals surface area contributed by atoms with E-state index in [1.54, 1.807) is 6.20 Å². The summed E-state index contributed by atoms with van der Waals surface area (Å²) in [6.07, 6.45) is 5.46. The highest BCUT2D eigenvalue weighted by atomic mass is 15.3. The molecule has 2 heterocycles. The number of aromatic nitrogens is 2. The molecule has 0 saturated carbocycles. The largest absolute Gasteiger partial charge is 0.351 e. The Morgan fingerprint density at radius 2 is 2.40 bits per heavy atom. The molecule has 1 aromatic rings. The lowest BCUT2D eigenvalue weighted by atomic mass is 10.0. The van der Waals surface area contributed by atoms with Gasteiger partial charge in [-0.3, -0.25) is 0 Å². The van der Waals surface area contributed by atoms with Gasteiger partial charge in [-0.05, 0) is 37.8 Å². The average molecular weight is 206 g/mol. The Morgan fingerprint density at radius 1 is 1.53 bits per heavy atom. The van der Waals surface area contributed by atoms with Crippen LogP contribution in [0.5, 0.6) is 0 Å². The molecule has 4 heteroatoms. The third-order valence-electron chi connectivity index (χ3n) is 2.97. The summed E-state index contributed by atoms with van der Waals surface area (Å²) in [4.78, 5) is 2.30. The normalized spacial score (nSPS) is 21.7. The second-order valence-corrected chi connectivity index (χ2v) is 4.17. The Kier molecular flexibility index (Phi) is 3.16. The van der Waals surface area contributed by atoms with E-state index < -0.39 is 0 Å². The molecular weight excluding hydrogens is 188 g/mol. The molecule has 2 N–H and O–H groups in total. The molecule has 4 nitrogen and oxygen atoms in total. The van der Waals surface area contributed by atoms with Crippen LogP contribution in [0.4, 0.5) is 5.82 Å². The van der Waals surface area contributed by atoms with Crippen molar-refractivity contribution in [3.8, 4) is 0 Å². The van der Waals surface area contributed by atoms with Crippen LogP contribution in [0.2, 0.25) is 0 Å². The number of nitrogens with two attached hydrogens (primary N) is 1. The van der Waals surface area contributed by atoms with Crippen molar-refractivity contribution in [1.82, 2.24) is 10.2 Å². The first-order valence-electron chi connectivity index (χ1n) is 5.57. The monoisotopic (exact) mass is 206 g/mol. The maximum Gasteiger partial charge on any atom is 0.151 e. The van der Waals surface area contributed by atoms with Crippen molar-refractivity contribution in [3.05, 3.63) is 17.8 Å². The predicted molar refractivity (Wildman–Crippen MR) is 60.8 cm³/mol. The topological polar surface area (TPSA) is 55.0 Å². The van der Waals surface area contributed by atoms with Gasteiger partial charge in [0.25, 0.3) is 0 Å². The number of hydrogen-bond acceptors (Lipinski definition) is 4. The van der Waals surface area contributed by atoms with Crippen LogP contribution in [-0.4, -0.2) is 29.3 Å². The quantitative estimate of drug-likeness (QED) is 0.787. The van der Waals surface area contributed by atoms with E-state index in [0.717, 1.165) is 17.9 Å². The second kappa shape index (κ2) is 4.57. The summed E-state index contributed by atoms with van der Waals surface area (Å²) in [5, 5.41) is 8.18. The van der Waals surface area contributed by atoms with Gasteiger partial charge in [-0.25, -0.2) is 0 Å². The van der Waals surface area contributed by atoms with Crippen molar-refractivity contribution >= 4 is 5.82 Å². The van der Waals surface area contributed by atoms with Crippen molar-refractivity contribution in [3.63, 3.8) is 0 Å². The van der Waals surface area contributed by atoms with E-state index in [1.165, 1.54) is 19.3 Å². The zero-order valence-corrected chi connectivity index (χ0v) is 9.19. The van der Waals surface area contributed by atoms with E-state index in [1.807, 2.05) is 6.92 Å². The molecule has 1 aliphatic rings. The summed E-state index contributed by atoms with van der Waals surface area (Å²) in [6.45, 7) is 3.80. The molecule has 1 atom stereocenters. The predicted octanol–water partition coefficient (Wildman–Crippen LogP) is 1.10. The molecule has 1 fully saturated rings. The molecule has 1 unspecified atom stereocenters. The molecule has 82 valence electrons. The highest BCUT2D eigenvalue weighted by Crippen LogP contribution is 2.22. The van der Waals surface area contributed by atoms with Gasteiger partial charge < -0.3 is 10.6 Å². The van der Waals surface area contributed by atoms with Gasteiger partial charge in [-0.15, -0.1) is 5.10 Å². The molecule has 0 spiro atoms. The van der Waals surface area contributed by atoms with Crippen LogP contribution in [0.15, 0.2) is 12.3 Å². The Morgan fingerprint density at radius 3 is 3.13 bits per heavy atom. The fourth-order valence-electron chi connectivity index (χ4n) is 2.14. The Hall–Kier alpha value is -1.16. The van der Waals surface area contributed by atoms with Crippen molar-refractivity contribution < 1.29 is 0 Å². The highest BCUT2D eigenvalue weighted by molar-refractivity contribution is 5.41. The number of aryl methyl sites for hydroxylation is 1. The number of nitrogens with zero attached hydrogens (tertiary/aromatic N) is 3. The minimum atomic E-state index is 0.440. The fourth-order valence-corrected chi connectivity index (χ4v) is 2.14. The molecule has 1 aromatic heterocycles. The zero-order valence-electron chi connectivity index (χ0n) is 9.19. The van der Waals surface area contributed by atoms with Crippen molar-refractivity contribution in [2.24, 2.45) is 5.73 Å². The van der Waals surface area contributed by atoms with Gasteiger partial charge in [-0.2, -0.15) is 5.10 Å². The van der Waals surface area contributed by atoms with E-state index >= 15 is 0 Å². The first kappa shape index (κ1) is 10.4. The summed E-state index contributed by atoms with van der Waals surface area (Å²) >= 11 is 0. The number of rotatable bonds is 2. The van der Waals surface area contributed by atoms with Gasteiger partial charge in [0.1, 0.15) is 0 Å². The lowest BCUT2D eigenvalue weighted by Gasteiger charge is -2.35. The van der Waals surface area contributed by atoms with Gasteiger partial charge in [0.15, 0.2) is 5.82 Å². The third kappa shape index (κ3) is 2.26. The zero-order chi connectivity index (χ0) is 10.7. The van der Waals surface area contributed by atoms with E-state index in [-0.39, 0.29) is 0 Å². The summed E-state index contributed by atoms with van der Waals surface area (Å²) in [5.41, 5.74) is 6.93. The van der Waals surface area contributed by atoms with Crippen molar-refractivity contribution in [1.29, 1.82) is 0 Å². The van der Waals surface area contributed by atoms with Crippen LogP contribution >= 0.6 is 0 Å². The minimum Gasteiger partial charge on any atom is -0.351 e. The van der Waals surface area contributed by atoms with E-state index in [0.29, 0.717) is 12.6 Å². The van der Waals surface area contributed by atoms with Crippen molar-refractivity contribution in [2.45, 2.75) is 32.2 Å². The molecular formula is C11H18N4. The minimum absolute atomic E-state index is 0.440. The summed E-state index contributed by atoms with van der Waals surface area (Å²) in [6, 6.07) is 2.52. The lowest BCUT2D eigenvalue weighted by molar-refractivity contribution is 0.460. The fraction of sp³-hybridized carbons (Fsp3) is 0.636. The van der Waals surface area contributed by atoms with Gasteiger partial charge in [0.2, 0.25) is 0 Å². The van der Waals surface area contributed by atoms with Crippen LogP contribution < -0.4 is 10.6 Å². The highest BCUT2D eigenvalue weighted by Gasteiger charge is 2.22. The molecule has 0 amide bonds. The summed E-state index contributed by atoms with van der Waals surface area (Å²) < 4.78 is 0.